The minimum atomic E-state index is -0.492. The largest absolute Gasteiger partial charge is 0.363 e. The summed E-state index contributed by atoms with van der Waals surface area (Å²) < 4.78 is 2.01. The molecule has 5 rings (SSSR count). The molecule has 2 aliphatic rings. The quantitative estimate of drug-likeness (QED) is 0.528. The first kappa shape index (κ1) is 23.1. The molecule has 2 atom stereocenters. The van der Waals surface area contributed by atoms with Crippen LogP contribution in [0.2, 0.25) is 0 Å². The van der Waals surface area contributed by atoms with Crippen LogP contribution in [-0.4, -0.2) is 70.9 Å². The molecule has 4 heterocycles. The number of likely N-dealkylation sites (tertiary alicyclic amines) is 1. The Morgan fingerprint density at radius 2 is 1.89 bits per heavy atom. The fourth-order valence-electron chi connectivity index (χ4n) is 4.64. The third-order valence-corrected chi connectivity index (χ3v) is 6.47. The van der Waals surface area contributed by atoms with Crippen LogP contribution in [0.3, 0.4) is 0 Å². The number of imidazole rings is 1. The molecule has 2 fully saturated rings. The van der Waals surface area contributed by atoms with Crippen molar-refractivity contribution in [2.45, 2.75) is 71.6 Å². The Bertz CT molecular complexity index is 1250. The minimum Gasteiger partial charge on any atom is -0.363 e. The smallest absolute Gasteiger partial charge is 0.243 e. The number of rotatable bonds is 7. The standard InChI is InChI=1S/C24H31N9O2/c1-5-32-21(16-9-25-14(4)26-10-16)31-19-20(27-12-28-22(19)32)30-17-8-18(23(34)29-13(2)3)33(11-17)24(35)15-6-7-15/h9-10,12-13,15,17-18H,5-8,11H2,1-4H3,(H,29,34)(H,27,28,30)/t17-,18+/m0/s1. The number of hydrogen-bond donors (Lipinski definition) is 2. The molecule has 35 heavy (non-hydrogen) atoms. The lowest BCUT2D eigenvalue weighted by Crippen LogP contribution is -2.48. The maximum atomic E-state index is 13.0. The third kappa shape index (κ3) is 4.54. The second-order valence-electron chi connectivity index (χ2n) is 9.61. The van der Waals surface area contributed by atoms with Crippen LogP contribution in [0, 0.1) is 12.8 Å². The van der Waals surface area contributed by atoms with Gasteiger partial charge in [0.2, 0.25) is 11.8 Å². The van der Waals surface area contributed by atoms with Gasteiger partial charge in [0.1, 0.15) is 24.0 Å². The molecule has 2 amide bonds. The molecule has 0 unspecified atom stereocenters. The zero-order chi connectivity index (χ0) is 24.7. The van der Waals surface area contributed by atoms with Crippen molar-refractivity contribution in [3.63, 3.8) is 0 Å². The highest BCUT2D eigenvalue weighted by Crippen LogP contribution is 2.35. The number of amides is 2. The number of nitrogens with one attached hydrogen (secondary N) is 2. The topological polar surface area (TPSA) is 131 Å². The number of nitrogens with zero attached hydrogens (tertiary/aromatic N) is 7. The molecule has 184 valence electrons. The van der Waals surface area contributed by atoms with E-state index in [9.17, 15) is 9.59 Å². The van der Waals surface area contributed by atoms with Crippen molar-refractivity contribution in [3.8, 4) is 11.4 Å². The SMILES string of the molecule is CCn1c(-c2cnc(C)nc2)nc2c(N[C@H]3C[C@H](C(=O)NC(C)C)N(C(=O)C4CC4)C3)ncnc21. The molecule has 1 saturated carbocycles. The summed E-state index contributed by atoms with van der Waals surface area (Å²) in [5, 5.41) is 6.43. The zero-order valence-corrected chi connectivity index (χ0v) is 20.5. The Morgan fingerprint density at radius 1 is 1.14 bits per heavy atom. The normalized spacial score (nSPS) is 20.0. The number of carbonyl (C=O) groups excluding carboxylic acids is 2. The second-order valence-corrected chi connectivity index (χ2v) is 9.61. The van der Waals surface area contributed by atoms with Crippen molar-refractivity contribution in [1.29, 1.82) is 0 Å². The average Bonchev–Trinajstić information content (AvgIpc) is 3.48. The van der Waals surface area contributed by atoms with E-state index in [0.29, 0.717) is 42.3 Å². The highest BCUT2D eigenvalue weighted by molar-refractivity contribution is 5.91. The van der Waals surface area contributed by atoms with Gasteiger partial charge in [0.05, 0.1) is 5.56 Å². The van der Waals surface area contributed by atoms with Gasteiger partial charge in [-0.3, -0.25) is 9.59 Å². The van der Waals surface area contributed by atoms with Crippen LogP contribution >= 0.6 is 0 Å². The lowest BCUT2D eigenvalue weighted by molar-refractivity contribution is -0.139. The van der Waals surface area contributed by atoms with E-state index in [1.807, 2.05) is 32.3 Å². The lowest BCUT2D eigenvalue weighted by atomic mass is 10.1. The summed E-state index contributed by atoms with van der Waals surface area (Å²) in [6.45, 7) is 8.84. The minimum absolute atomic E-state index is 0.0102. The Labute approximate surface area is 203 Å². The summed E-state index contributed by atoms with van der Waals surface area (Å²) in [5.74, 6) is 2.01. The zero-order valence-electron chi connectivity index (χ0n) is 20.5. The summed E-state index contributed by atoms with van der Waals surface area (Å²) in [6.07, 6.45) is 7.34. The fourth-order valence-corrected chi connectivity index (χ4v) is 4.64. The van der Waals surface area contributed by atoms with E-state index in [1.54, 1.807) is 17.3 Å². The van der Waals surface area contributed by atoms with Gasteiger partial charge in [0.15, 0.2) is 17.0 Å². The fraction of sp³-hybridized carbons (Fsp3) is 0.542. The molecule has 11 nitrogen and oxygen atoms in total. The van der Waals surface area contributed by atoms with Gasteiger partial charge in [-0.1, -0.05) is 0 Å². The molecule has 11 heteroatoms. The molecule has 3 aromatic heterocycles. The van der Waals surface area contributed by atoms with Gasteiger partial charge in [0.25, 0.3) is 0 Å². The van der Waals surface area contributed by atoms with Gasteiger partial charge in [-0.25, -0.2) is 24.9 Å². The predicted octanol–water partition coefficient (Wildman–Crippen LogP) is 1.93. The van der Waals surface area contributed by atoms with E-state index < -0.39 is 6.04 Å². The molecule has 0 spiro atoms. The van der Waals surface area contributed by atoms with E-state index in [-0.39, 0.29) is 29.8 Å². The Kier molecular flexibility index (Phi) is 6.08. The second kappa shape index (κ2) is 9.20. The van der Waals surface area contributed by atoms with E-state index in [4.69, 9.17) is 4.98 Å². The molecule has 0 aromatic carbocycles. The number of hydrogen-bond acceptors (Lipinski definition) is 8. The molecule has 3 aromatic rings. The van der Waals surface area contributed by atoms with E-state index in [2.05, 4.69) is 30.6 Å². The summed E-state index contributed by atoms with van der Waals surface area (Å²) in [5.41, 5.74) is 2.15. The molecule has 2 N–H and O–H groups in total. The maximum Gasteiger partial charge on any atom is 0.243 e. The number of aryl methyl sites for hydroxylation is 2. The van der Waals surface area contributed by atoms with Crippen molar-refractivity contribution < 1.29 is 9.59 Å². The van der Waals surface area contributed by atoms with Gasteiger partial charge >= 0.3 is 0 Å². The summed E-state index contributed by atoms with van der Waals surface area (Å²) in [4.78, 5) is 50.0. The Hall–Kier alpha value is -3.63. The number of aromatic nitrogens is 6. The summed E-state index contributed by atoms with van der Waals surface area (Å²) in [6, 6.07) is -0.610. The van der Waals surface area contributed by atoms with Crippen LogP contribution in [0.5, 0.6) is 0 Å². The molecular formula is C24H31N9O2. The van der Waals surface area contributed by atoms with Crippen molar-refractivity contribution in [1.82, 2.24) is 39.7 Å². The van der Waals surface area contributed by atoms with Gasteiger partial charge in [-0.2, -0.15) is 0 Å². The van der Waals surface area contributed by atoms with Gasteiger partial charge in [-0.05, 0) is 47.0 Å². The molecule has 1 saturated heterocycles. The summed E-state index contributed by atoms with van der Waals surface area (Å²) >= 11 is 0. The number of carbonyl (C=O) groups is 2. The van der Waals surface area contributed by atoms with Gasteiger partial charge in [-0.15, -0.1) is 0 Å². The van der Waals surface area contributed by atoms with E-state index in [1.165, 1.54) is 6.33 Å². The first-order valence-electron chi connectivity index (χ1n) is 12.2. The van der Waals surface area contributed by atoms with Gasteiger partial charge < -0.3 is 20.1 Å². The van der Waals surface area contributed by atoms with Crippen LogP contribution in [0.1, 0.15) is 45.9 Å². The van der Waals surface area contributed by atoms with Crippen molar-refractivity contribution in [2.75, 3.05) is 11.9 Å². The van der Waals surface area contributed by atoms with Crippen LogP contribution < -0.4 is 10.6 Å². The molecule has 0 radical (unpaired) electrons. The number of anilines is 1. The Morgan fingerprint density at radius 3 is 2.54 bits per heavy atom. The van der Waals surface area contributed by atoms with E-state index in [0.717, 1.165) is 24.2 Å². The lowest BCUT2D eigenvalue weighted by Gasteiger charge is -2.24. The van der Waals surface area contributed by atoms with E-state index >= 15 is 0 Å². The van der Waals surface area contributed by atoms with Crippen LogP contribution in [0.25, 0.3) is 22.6 Å². The average molecular weight is 478 g/mol. The maximum absolute atomic E-state index is 13.0. The van der Waals surface area contributed by atoms with Crippen molar-refractivity contribution in [2.24, 2.45) is 5.92 Å². The molecule has 1 aliphatic heterocycles. The van der Waals surface area contributed by atoms with Crippen LogP contribution in [0.4, 0.5) is 5.82 Å². The Balaban J connectivity index is 1.44. The first-order chi connectivity index (χ1) is 16.9. The molecule has 1 aliphatic carbocycles. The highest BCUT2D eigenvalue weighted by atomic mass is 16.2. The van der Waals surface area contributed by atoms with Crippen molar-refractivity contribution in [3.05, 3.63) is 24.5 Å². The van der Waals surface area contributed by atoms with Crippen molar-refractivity contribution >= 4 is 28.8 Å². The predicted molar refractivity (Wildman–Crippen MR) is 130 cm³/mol. The number of fused-ring (bicyclic) bond motifs is 1. The van der Waals surface area contributed by atoms with Gasteiger partial charge in [0, 0.05) is 43.5 Å². The molecular weight excluding hydrogens is 446 g/mol. The van der Waals surface area contributed by atoms with Crippen LogP contribution in [-0.2, 0) is 16.1 Å². The monoisotopic (exact) mass is 477 g/mol. The highest BCUT2D eigenvalue weighted by Gasteiger charge is 2.44. The summed E-state index contributed by atoms with van der Waals surface area (Å²) in [7, 11) is 0. The third-order valence-electron chi connectivity index (χ3n) is 6.47. The molecule has 0 bridgehead atoms. The van der Waals surface area contributed by atoms with Crippen LogP contribution in [0.15, 0.2) is 18.7 Å². The first-order valence-corrected chi connectivity index (χ1v) is 12.2.